The smallest absolute Gasteiger partial charge is 0.406 e. The largest absolute Gasteiger partial charge is 0.573 e. The average Bonchev–Trinajstić information content (AvgIpc) is 3.42. The number of carbonyl (C=O) groups excluding carboxylic acids is 1. The van der Waals surface area contributed by atoms with E-state index >= 15 is 0 Å². The Morgan fingerprint density at radius 1 is 0.863 bits per heavy atom. The fraction of sp³-hybridized carbons (Fsp3) is 0.481. The first-order valence-electron chi connectivity index (χ1n) is 13.9. The van der Waals surface area contributed by atoms with E-state index in [2.05, 4.69) is 20.1 Å². The van der Waals surface area contributed by atoms with Crippen LogP contribution in [0.5, 0.6) is 5.75 Å². The van der Waals surface area contributed by atoms with E-state index in [1.165, 1.54) is 0 Å². The summed E-state index contributed by atoms with van der Waals surface area (Å²) in [5, 5.41) is 11.0. The van der Waals surface area contributed by atoms with Crippen molar-refractivity contribution in [3.63, 3.8) is 0 Å². The van der Waals surface area contributed by atoms with Crippen molar-refractivity contribution in [2.75, 3.05) is 9.80 Å². The van der Waals surface area contributed by atoms with Gasteiger partial charge in [-0.15, -0.1) is 18.3 Å². The number of nitrogens with zero attached hydrogens (tertiary/aromatic N) is 6. The van der Waals surface area contributed by atoms with Gasteiger partial charge in [0.2, 0.25) is 0 Å². The monoisotopic (exact) mass is 764 g/mol. The van der Waals surface area contributed by atoms with Crippen LogP contribution >= 0.6 is 0 Å². The van der Waals surface area contributed by atoms with Crippen LogP contribution in [0.2, 0.25) is 0 Å². The zero-order valence-electron chi connectivity index (χ0n) is 25.3. The first-order valence-corrected chi connectivity index (χ1v) is 13.9. The summed E-state index contributed by atoms with van der Waals surface area (Å²) in [7, 11) is 1.14. The lowest BCUT2D eigenvalue weighted by molar-refractivity contribution is -0.343. The van der Waals surface area contributed by atoms with Crippen LogP contribution < -0.4 is 14.5 Å². The van der Waals surface area contributed by atoms with Crippen LogP contribution in [-0.4, -0.2) is 56.5 Å². The molecule has 282 valence electrons. The number of tetrazole rings is 1. The molecule has 0 aliphatic carbocycles. The second kappa shape index (κ2) is 12.9. The second-order valence-corrected chi connectivity index (χ2v) is 11.0. The minimum absolute atomic E-state index is 0.197. The lowest BCUT2D eigenvalue weighted by Crippen LogP contribution is -2.62. The van der Waals surface area contributed by atoms with Crippen LogP contribution in [0.1, 0.15) is 48.1 Å². The highest BCUT2D eigenvalue weighted by atomic mass is 19.4. The lowest BCUT2D eigenvalue weighted by Gasteiger charge is -2.45. The Bertz CT molecular complexity index is 1720. The third kappa shape index (κ3) is 7.87. The molecule has 1 amide bonds. The van der Waals surface area contributed by atoms with Crippen molar-refractivity contribution in [2.24, 2.45) is 7.05 Å². The van der Waals surface area contributed by atoms with Crippen LogP contribution in [0, 0.1) is 0 Å². The first kappa shape index (κ1) is 39.2. The van der Waals surface area contributed by atoms with Crippen LogP contribution in [0.3, 0.4) is 0 Å². The van der Waals surface area contributed by atoms with Crippen LogP contribution in [0.25, 0.3) is 0 Å². The predicted octanol–water partition coefficient (Wildman–Crippen LogP) is 8.24. The van der Waals surface area contributed by atoms with Gasteiger partial charge in [0.05, 0.1) is 24.2 Å². The summed E-state index contributed by atoms with van der Waals surface area (Å²) in [5.74, 6) is -18.4. The molecule has 0 saturated heterocycles. The SMILES string of the molecule is CC[C@@H]1C[C@H](N(Cc2cc(C(F)(F)F)cc(C(F)(F)F)c2)c2nnn(C)n2)c2cc(OC(F)(F)F)ccc2N1C(=O)C(F)(F)C(F)(F)C(F)(F)F. The maximum atomic E-state index is 14.8. The molecule has 0 spiro atoms. The molecule has 4 rings (SSSR count). The van der Waals surface area contributed by atoms with Gasteiger partial charge < -0.3 is 14.5 Å². The van der Waals surface area contributed by atoms with E-state index in [9.17, 15) is 75.0 Å². The number of hydrogen-bond acceptors (Lipinski definition) is 6. The number of halogens is 16. The molecule has 0 fully saturated rings. The number of hydrogen-bond donors (Lipinski definition) is 0. The molecule has 2 heterocycles. The standard InChI is InChI=1S/C27H20F16N6O2/c1-3-15-9-19(48(21-44-46-47(2)45-21)11-12-6-13(23(30,31)32)8-14(7-12)24(33,34)35)17-10-16(51-27(41,42)43)4-5-18(17)49(15)20(50)22(28,29)25(36,37)26(38,39)40/h4-8,10,15,19H,3,9,11H2,1-2H3/t15-,19+/m1/s1. The number of fused-ring (bicyclic) bond motifs is 1. The normalized spacial score (nSPS) is 17.7. The number of alkyl halides is 16. The Balaban J connectivity index is 1.97. The molecule has 1 aliphatic heterocycles. The van der Waals surface area contributed by atoms with E-state index in [4.69, 9.17) is 0 Å². The van der Waals surface area contributed by atoms with Crippen LogP contribution in [0.4, 0.5) is 81.9 Å². The van der Waals surface area contributed by atoms with Gasteiger partial charge in [0.25, 0.3) is 5.95 Å². The van der Waals surface area contributed by atoms with E-state index < -0.39 is 114 Å². The molecule has 0 saturated carbocycles. The number of rotatable bonds is 8. The molecule has 0 radical (unpaired) electrons. The third-order valence-electron chi connectivity index (χ3n) is 7.55. The molecule has 24 heteroatoms. The molecule has 2 atom stereocenters. The molecular weight excluding hydrogens is 744 g/mol. The fourth-order valence-electron chi connectivity index (χ4n) is 5.30. The highest BCUT2D eigenvalue weighted by molar-refractivity contribution is 6.01. The summed E-state index contributed by atoms with van der Waals surface area (Å²) < 4.78 is 222. The fourth-order valence-corrected chi connectivity index (χ4v) is 5.30. The topological polar surface area (TPSA) is 76.4 Å². The van der Waals surface area contributed by atoms with Crippen molar-refractivity contribution in [3.8, 4) is 5.75 Å². The van der Waals surface area contributed by atoms with Crippen molar-refractivity contribution in [1.29, 1.82) is 0 Å². The summed E-state index contributed by atoms with van der Waals surface area (Å²) >= 11 is 0. The molecule has 0 bridgehead atoms. The molecule has 1 aromatic heterocycles. The van der Waals surface area contributed by atoms with Gasteiger partial charge in [0, 0.05) is 23.8 Å². The maximum absolute atomic E-state index is 14.8. The van der Waals surface area contributed by atoms with E-state index in [-0.39, 0.29) is 23.1 Å². The number of amides is 1. The summed E-state index contributed by atoms with van der Waals surface area (Å²) in [6, 6.07) is -1.93. The van der Waals surface area contributed by atoms with Crippen molar-refractivity contribution < 1.29 is 79.8 Å². The first-order chi connectivity index (χ1) is 23.1. The lowest BCUT2D eigenvalue weighted by atomic mass is 9.87. The number of aryl methyl sites for hydroxylation is 1. The van der Waals surface area contributed by atoms with Gasteiger partial charge in [-0.1, -0.05) is 12.0 Å². The van der Waals surface area contributed by atoms with Crippen LogP contribution in [0.15, 0.2) is 36.4 Å². The molecular formula is C27H20F16N6O2. The highest BCUT2D eigenvalue weighted by Gasteiger charge is 2.77. The van der Waals surface area contributed by atoms with Gasteiger partial charge in [-0.25, -0.2) is 0 Å². The second-order valence-electron chi connectivity index (χ2n) is 11.0. The predicted molar refractivity (Wildman–Crippen MR) is 139 cm³/mol. The minimum Gasteiger partial charge on any atom is -0.406 e. The van der Waals surface area contributed by atoms with Crippen molar-refractivity contribution >= 4 is 17.5 Å². The molecule has 8 nitrogen and oxygen atoms in total. The van der Waals surface area contributed by atoms with Gasteiger partial charge in [-0.05, 0) is 60.0 Å². The molecule has 2 aromatic carbocycles. The number of benzene rings is 2. The number of aromatic nitrogens is 4. The van der Waals surface area contributed by atoms with Gasteiger partial charge in [0.1, 0.15) is 5.75 Å². The summed E-state index contributed by atoms with van der Waals surface area (Å²) in [4.78, 5) is 14.3. The molecule has 51 heavy (non-hydrogen) atoms. The van der Waals surface area contributed by atoms with Gasteiger partial charge in [-0.2, -0.15) is 61.9 Å². The summed E-state index contributed by atoms with van der Waals surface area (Å²) in [6.45, 7) is 0.0847. The average molecular weight is 764 g/mol. The summed E-state index contributed by atoms with van der Waals surface area (Å²) in [6.07, 6.45) is -24.5. The number of carbonyl (C=O) groups is 1. The third-order valence-corrected chi connectivity index (χ3v) is 7.55. The van der Waals surface area contributed by atoms with Gasteiger partial charge in [0.15, 0.2) is 0 Å². The molecule has 3 aromatic rings. The Labute approximate surface area is 274 Å². The van der Waals surface area contributed by atoms with Gasteiger partial charge >= 0.3 is 42.6 Å². The van der Waals surface area contributed by atoms with E-state index in [1.54, 1.807) is 0 Å². The Morgan fingerprint density at radius 3 is 1.88 bits per heavy atom. The molecule has 0 N–H and O–H groups in total. The quantitative estimate of drug-likeness (QED) is 0.215. The van der Waals surface area contributed by atoms with E-state index in [1.807, 2.05) is 0 Å². The number of anilines is 2. The minimum atomic E-state index is -6.96. The van der Waals surface area contributed by atoms with Crippen molar-refractivity contribution in [1.82, 2.24) is 20.2 Å². The van der Waals surface area contributed by atoms with E-state index in [0.717, 1.165) is 23.7 Å². The zero-order chi connectivity index (χ0) is 38.7. The Hall–Kier alpha value is -4.54. The Morgan fingerprint density at radius 2 is 1.43 bits per heavy atom. The molecule has 0 unspecified atom stereocenters. The number of ether oxygens (including phenoxy) is 1. The molecule has 1 aliphatic rings. The van der Waals surface area contributed by atoms with Crippen molar-refractivity contribution in [2.45, 2.75) is 75.1 Å². The highest BCUT2D eigenvalue weighted by Crippen LogP contribution is 2.51. The Kier molecular flexibility index (Phi) is 9.93. The van der Waals surface area contributed by atoms with Crippen molar-refractivity contribution in [3.05, 3.63) is 58.7 Å². The van der Waals surface area contributed by atoms with Crippen LogP contribution in [-0.2, 0) is 30.7 Å². The maximum Gasteiger partial charge on any atom is 0.573 e. The van der Waals surface area contributed by atoms with E-state index in [0.29, 0.717) is 18.2 Å². The zero-order valence-corrected chi connectivity index (χ0v) is 25.3. The summed E-state index contributed by atoms with van der Waals surface area (Å²) in [5.41, 5.74) is -6.10. The van der Waals surface area contributed by atoms with Gasteiger partial charge in [-0.3, -0.25) is 4.79 Å².